The minimum absolute atomic E-state index is 0.00615. The molecule has 7 nitrogen and oxygen atoms in total. The van der Waals surface area contributed by atoms with Crippen LogP contribution in [0.25, 0.3) is 10.9 Å². The van der Waals surface area contributed by atoms with Crippen LogP contribution in [-0.4, -0.2) is 44.6 Å². The summed E-state index contributed by atoms with van der Waals surface area (Å²) in [5.74, 6) is 2.60. The van der Waals surface area contributed by atoms with Crippen molar-refractivity contribution in [2.45, 2.75) is 51.2 Å². The lowest BCUT2D eigenvalue weighted by atomic mass is 9.48. The fourth-order valence-corrected chi connectivity index (χ4v) is 6.37. The van der Waals surface area contributed by atoms with Crippen LogP contribution in [0.2, 0.25) is 0 Å². The first-order valence-corrected chi connectivity index (χ1v) is 12.5. The van der Waals surface area contributed by atoms with Crippen molar-refractivity contribution in [1.29, 1.82) is 0 Å². The van der Waals surface area contributed by atoms with Gasteiger partial charge in [0.25, 0.3) is 5.56 Å². The molecule has 2 heterocycles. The second-order valence-electron chi connectivity index (χ2n) is 10.5. The highest BCUT2D eigenvalue weighted by molar-refractivity contribution is 5.87. The van der Waals surface area contributed by atoms with E-state index in [1.165, 1.54) is 0 Å². The van der Waals surface area contributed by atoms with E-state index in [2.05, 4.69) is 18.8 Å². The maximum atomic E-state index is 13.5. The first-order valence-electron chi connectivity index (χ1n) is 12.5. The van der Waals surface area contributed by atoms with Gasteiger partial charge in [-0.3, -0.25) is 4.79 Å². The monoisotopic (exact) mass is 493 g/mol. The van der Waals surface area contributed by atoms with Crippen LogP contribution in [0, 0.1) is 11.8 Å². The molecule has 1 fully saturated rings. The third-order valence-electron chi connectivity index (χ3n) is 7.80. The molecule has 2 aliphatic rings. The van der Waals surface area contributed by atoms with Crippen molar-refractivity contribution in [3.63, 3.8) is 0 Å². The summed E-state index contributed by atoms with van der Waals surface area (Å²) in [7, 11) is 4.84. The van der Waals surface area contributed by atoms with Gasteiger partial charge in [-0.1, -0.05) is 12.1 Å². The van der Waals surface area contributed by atoms with E-state index in [-0.39, 0.29) is 35.3 Å². The van der Waals surface area contributed by atoms with E-state index in [1.54, 1.807) is 21.3 Å². The molecule has 4 atom stereocenters. The number of para-hydroxylation sites is 1. The summed E-state index contributed by atoms with van der Waals surface area (Å²) in [6.45, 7) is 8.89. The molecular weight excluding hydrogens is 458 g/mol. The summed E-state index contributed by atoms with van der Waals surface area (Å²) in [5.41, 5.74) is 1.92. The van der Waals surface area contributed by atoms with Crippen LogP contribution in [0.15, 0.2) is 41.2 Å². The third kappa shape index (κ3) is 3.72. The lowest BCUT2D eigenvalue weighted by Crippen LogP contribution is -2.60. The van der Waals surface area contributed by atoms with Crippen molar-refractivity contribution >= 4 is 10.9 Å². The van der Waals surface area contributed by atoms with Gasteiger partial charge in [0.05, 0.1) is 45.1 Å². The lowest BCUT2D eigenvalue weighted by molar-refractivity contribution is -0.120. The highest BCUT2D eigenvalue weighted by atomic mass is 16.5. The largest absolute Gasteiger partial charge is 0.493 e. The number of fused-ring (bicyclic) bond motifs is 5. The Balaban J connectivity index is 1.72. The van der Waals surface area contributed by atoms with Gasteiger partial charge < -0.3 is 28.7 Å². The van der Waals surface area contributed by atoms with E-state index in [0.717, 1.165) is 16.5 Å². The molecule has 5 rings (SSSR count). The van der Waals surface area contributed by atoms with Crippen molar-refractivity contribution in [3.8, 4) is 23.0 Å². The van der Waals surface area contributed by atoms with Crippen molar-refractivity contribution in [2.24, 2.45) is 11.8 Å². The van der Waals surface area contributed by atoms with Gasteiger partial charge in [0.1, 0.15) is 11.4 Å². The van der Waals surface area contributed by atoms with Gasteiger partial charge in [-0.2, -0.15) is 0 Å². The molecule has 0 amide bonds. The number of hydrogen-bond donors (Lipinski definition) is 1. The zero-order chi connectivity index (χ0) is 25.8. The summed E-state index contributed by atoms with van der Waals surface area (Å²) in [4.78, 5) is 16.6. The lowest BCUT2D eigenvalue weighted by Gasteiger charge is -2.60. The van der Waals surface area contributed by atoms with Gasteiger partial charge in [0, 0.05) is 17.2 Å². The van der Waals surface area contributed by atoms with Gasteiger partial charge in [-0.05, 0) is 69.4 Å². The molecule has 1 saturated carbocycles. The summed E-state index contributed by atoms with van der Waals surface area (Å²) < 4.78 is 29.7. The molecule has 1 aliphatic heterocycles. The summed E-state index contributed by atoms with van der Waals surface area (Å²) >= 11 is 0. The molecule has 0 saturated heterocycles. The highest BCUT2D eigenvalue weighted by Crippen LogP contribution is 2.66. The van der Waals surface area contributed by atoms with Crippen LogP contribution < -0.4 is 24.5 Å². The molecule has 0 bridgehead atoms. The van der Waals surface area contributed by atoms with Gasteiger partial charge >= 0.3 is 0 Å². The van der Waals surface area contributed by atoms with Crippen LogP contribution in [0.1, 0.15) is 50.7 Å². The molecule has 36 heavy (non-hydrogen) atoms. The number of aromatic nitrogens is 1. The van der Waals surface area contributed by atoms with Crippen molar-refractivity contribution in [1.82, 2.24) is 4.98 Å². The number of methoxy groups -OCH3 is 3. The van der Waals surface area contributed by atoms with Gasteiger partial charge in [-0.25, -0.2) is 0 Å². The topological polar surface area (TPSA) is 79.0 Å². The van der Waals surface area contributed by atoms with E-state index in [4.69, 9.17) is 23.7 Å². The van der Waals surface area contributed by atoms with E-state index in [0.29, 0.717) is 35.2 Å². The average molecular weight is 494 g/mol. The van der Waals surface area contributed by atoms with Crippen molar-refractivity contribution in [3.05, 3.63) is 57.9 Å². The number of H-pyrrole nitrogens is 1. The minimum Gasteiger partial charge on any atom is -0.493 e. The standard InChI is InChI=1S/C29H35NO6/c1-15(2)35-14-18-22(16-12-20(32-5)27(34-7)21(13-16)33-6)23-24-26(36-29(3,4)25(18)23)17-10-8-9-11-19(17)30-28(24)31/h8-13,15,18,22-23,25H,14H2,1-7H3,(H,30,31)/t18-,22-,23+,25+/m1/s1. The minimum atomic E-state index is -0.490. The smallest absolute Gasteiger partial charge is 0.255 e. The third-order valence-corrected chi connectivity index (χ3v) is 7.80. The van der Waals surface area contributed by atoms with Gasteiger partial charge in [-0.15, -0.1) is 0 Å². The van der Waals surface area contributed by atoms with Crippen LogP contribution in [0.5, 0.6) is 23.0 Å². The molecule has 0 unspecified atom stereocenters. The van der Waals surface area contributed by atoms with Gasteiger partial charge in [0.2, 0.25) is 5.75 Å². The van der Waals surface area contributed by atoms with Crippen LogP contribution >= 0.6 is 0 Å². The molecule has 1 aliphatic carbocycles. The van der Waals surface area contributed by atoms with E-state index < -0.39 is 5.60 Å². The van der Waals surface area contributed by atoms with E-state index in [9.17, 15) is 4.79 Å². The average Bonchev–Trinajstić information content (AvgIpc) is 2.83. The molecule has 192 valence electrons. The predicted octanol–water partition coefficient (Wildman–Crippen LogP) is 5.26. The number of ether oxygens (including phenoxy) is 5. The number of hydrogen-bond acceptors (Lipinski definition) is 6. The maximum Gasteiger partial charge on any atom is 0.255 e. The molecule has 1 aromatic heterocycles. The molecule has 0 radical (unpaired) electrons. The Hall–Kier alpha value is -3.19. The number of nitrogens with one attached hydrogen (secondary N) is 1. The molecule has 3 aromatic rings. The summed E-state index contributed by atoms with van der Waals surface area (Å²) in [6.07, 6.45) is 0.0943. The highest BCUT2D eigenvalue weighted by Gasteiger charge is 2.62. The summed E-state index contributed by atoms with van der Waals surface area (Å²) in [6, 6.07) is 11.8. The van der Waals surface area contributed by atoms with Crippen molar-refractivity contribution < 1.29 is 23.7 Å². The molecule has 2 aromatic carbocycles. The van der Waals surface area contributed by atoms with Crippen molar-refractivity contribution in [2.75, 3.05) is 27.9 Å². The van der Waals surface area contributed by atoms with Crippen LogP contribution in [-0.2, 0) is 4.74 Å². The second kappa shape index (κ2) is 9.04. The normalized spacial score (nSPS) is 23.9. The second-order valence-corrected chi connectivity index (χ2v) is 10.5. The number of aromatic amines is 1. The number of pyridine rings is 1. The Bertz CT molecular complexity index is 1320. The first kappa shape index (κ1) is 24.5. The molecule has 0 spiro atoms. The van der Waals surface area contributed by atoms with Gasteiger partial charge in [0.15, 0.2) is 11.5 Å². The predicted molar refractivity (Wildman–Crippen MR) is 139 cm³/mol. The fraction of sp³-hybridized carbons (Fsp3) is 0.483. The Labute approximate surface area is 211 Å². The van der Waals surface area contributed by atoms with Crippen LogP contribution in [0.4, 0.5) is 0 Å². The Morgan fingerprint density at radius 3 is 2.28 bits per heavy atom. The summed E-state index contributed by atoms with van der Waals surface area (Å²) in [5, 5.41) is 0.921. The van der Waals surface area contributed by atoms with E-state index in [1.807, 2.05) is 50.2 Å². The molecular formula is C29H35NO6. The Morgan fingerprint density at radius 2 is 1.67 bits per heavy atom. The molecule has 7 heteroatoms. The zero-order valence-electron chi connectivity index (χ0n) is 22.0. The fourth-order valence-electron chi connectivity index (χ4n) is 6.37. The quantitative estimate of drug-likeness (QED) is 0.484. The maximum absolute atomic E-state index is 13.5. The van der Waals surface area contributed by atoms with E-state index >= 15 is 0 Å². The SMILES string of the molecule is COc1cc([C@@H]2[C@@H](COC(C)C)[C@H]3[C@@H]2c2c(c4ccccc4[nH]c2=O)OC3(C)C)cc(OC)c1OC. The number of benzene rings is 2. The molecule has 1 N–H and O–H groups in total. The number of rotatable bonds is 7. The zero-order valence-corrected chi connectivity index (χ0v) is 22.0. The van der Waals surface area contributed by atoms with Crippen LogP contribution in [0.3, 0.4) is 0 Å². The first-order chi connectivity index (χ1) is 17.2. The Kier molecular flexibility index (Phi) is 6.15. The Morgan fingerprint density at radius 1 is 1.00 bits per heavy atom.